The maximum Gasteiger partial charge on any atom is 0.270 e. The van der Waals surface area contributed by atoms with Crippen LogP contribution in [0.4, 0.5) is 5.69 Å². The topological polar surface area (TPSA) is 116 Å². The lowest BCUT2D eigenvalue weighted by Gasteiger charge is -2.32. The first-order chi connectivity index (χ1) is 16.5. The van der Waals surface area contributed by atoms with E-state index in [1.807, 2.05) is 20.8 Å². The van der Waals surface area contributed by atoms with Crippen molar-refractivity contribution in [2.45, 2.75) is 82.8 Å². The Morgan fingerprint density at radius 2 is 1.51 bits per heavy atom. The molecule has 8 nitrogen and oxygen atoms in total. The van der Waals surface area contributed by atoms with Crippen molar-refractivity contribution >= 4 is 27.5 Å². The summed E-state index contributed by atoms with van der Waals surface area (Å²) in [7, 11) is -3.98. The van der Waals surface area contributed by atoms with Crippen molar-refractivity contribution in [2.24, 2.45) is 0 Å². The van der Waals surface area contributed by atoms with Crippen LogP contribution in [0.5, 0.6) is 0 Å². The minimum Gasteiger partial charge on any atom is -0.380 e. The van der Waals surface area contributed by atoms with Gasteiger partial charge in [0.05, 0.1) is 10.6 Å². The molecule has 1 atom stereocenters. The SMILES string of the molecule is CCCCC(O)(CCCC)C(=O)NN(C(=O)[C@H](C)NS(=O)(=O)c1ccc(C)cc1)c1ccccc1. The Kier molecular flexibility index (Phi) is 10.4. The molecule has 3 N–H and O–H groups in total. The molecule has 0 fully saturated rings. The second kappa shape index (κ2) is 12.8. The molecule has 0 bridgehead atoms. The van der Waals surface area contributed by atoms with Crippen molar-refractivity contribution in [2.75, 3.05) is 5.01 Å². The molecule has 35 heavy (non-hydrogen) atoms. The monoisotopic (exact) mass is 503 g/mol. The van der Waals surface area contributed by atoms with E-state index in [-0.39, 0.29) is 17.7 Å². The van der Waals surface area contributed by atoms with Crippen LogP contribution in [0.1, 0.15) is 64.9 Å². The molecule has 0 spiro atoms. The number of unbranched alkanes of at least 4 members (excludes halogenated alkanes) is 2. The van der Waals surface area contributed by atoms with Crippen LogP contribution in [0.25, 0.3) is 0 Å². The summed E-state index contributed by atoms with van der Waals surface area (Å²) in [5, 5.41) is 12.2. The molecule has 0 saturated carbocycles. The Morgan fingerprint density at radius 3 is 2.03 bits per heavy atom. The fourth-order valence-corrected chi connectivity index (χ4v) is 4.78. The second-order valence-electron chi connectivity index (χ2n) is 8.84. The van der Waals surface area contributed by atoms with Crippen molar-refractivity contribution in [3.63, 3.8) is 0 Å². The van der Waals surface area contributed by atoms with Gasteiger partial charge in [-0.25, -0.2) is 13.4 Å². The van der Waals surface area contributed by atoms with Gasteiger partial charge in [0.1, 0.15) is 11.6 Å². The summed E-state index contributed by atoms with van der Waals surface area (Å²) >= 11 is 0. The van der Waals surface area contributed by atoms with Crippen molar-refractivity contribution in [1.82, 2.24) is 10.1 Å². The maximum absolute atomic E-state index is 13.4. The third-order valence-corrected chi connectivity index (χ3v) is 7.35. The zero-order chi connectivity index (χ0) is 26.1. The highest BCUT2D eigenvalue weighted by molar-refractivity contribution is 7.89. The molecule has 0 aliphatic heterocycles. The highest BCUT2D eigenvalue weighted by Crippen LogP contribution is 2.23. The van der Waals surface area contributed by atoms with Crippen LogP contribution < -0.4 is 15.2 Å². The minimum atomic E-state index is -3.98. The molecule has 192 valence electrons. The van der Waals surface area contributed by atoms with Gasteiger partial charge in [0, 0.05) is 0 Å². The molecule has 0 unspecified atom stereocenters. The van der Waals surface area contributed by atoms with E-state index in [0.29, 0.717) is 18.5 Å². The van der Waals surface area contributed by atoms with Crippen LogP contribution in [0.15, 0.2) is 59.5 Å². The van der Waals surface area contributed by atoms with E-state index in [1.165, 1.54) is 19.1 Å². The number of aliphatic hydroxyl groups is 1. The van der Waals surface area contributed by atoms with Gasteiger partial charge in [-0.2, -0.15) is 4.72 Å². The standard InChI is InChI=1S/C26H37N3O5S/c1-5-7-18-26(32,19-8-6-2)25(31)27-29(22-12-10-9-11-13-22)24(30)21(4)28-35(33,34)23-16-14-20(3)15-17-23/h9-17,21,28,32H,5-8,18-19H2,1-4H3,(H,27,31)/t21-/m0/s1. The number of sulfonamides is 1. The third kappa shape index (κ3) is 7.88. The lowest BCUT2D eigenvalue weighted by atomic mass is 9.90. The molecule has 0 radical (unpaired) electrons. The number of hydrogen-bond acceptors (Lipinski definition) is 5. The molecular formula is C26H37N3O5S. The average Bonchev–Trinajstić information content (AvgIpc) is 2.84. The first kappa shape index (κ1) is 28.5. The van der Waals surface area contributed by atoms with Gasteiger partial charge >= 0.3 is 0 Å². The van der Waals surface area contributed by atoms with Crippen LogP contribution in [0.3, 0.4) is 0 Å². The van der Waals surface area contributed by atoms with E-state index < -0.39 is 33.5 Å². The van der Waals surface area contributed by atoms with Crippen molar-refractivity contribution in [3.05, 3.63) is 60.2 Å². The Morgan fingerprint density at radius 1 is 0.971 bits per heavy atom. The number of amides is 2. The molecule has 0 heterocycles. The molecule has 2 aromatic carbocycles. The van der Waals surface area contributed by atoms with Gasteiger partial charge in [-0.05, 0) is 51.0 Å². The van der Waals surface area contributed by atoms with E-state index in [2.05, 4.69) is 10.1 Å². The van der Waals surface area contributed by atoms with Crippen LogP contribution >= 0.6 is 0 Å². The Labute approximate surface area is 208 Å². The lowest BCUT2D eigenvalue weighted by molar-refractivity contribution is -0.143. The first-order valence-corrected chi connectivity index (χ1v) is 13.5. The molecule has 2 aromatic rings. The summed E-state index contributed by atoms with van der Waals surface area (Å²) in [6, 6.07) is 13.5. The van der Waals surface area contributed by atoms with Crippen molar-refractivity contribution < 1.29 is 23.1 Å². The largest absolute Gasteiger partial charge is 0.380 e. The van der Waals surface area contributed by atoms with Gasteiger partial charge in [0.25, 0.3) is 11.8 Å². The van der Waals surface area contributed by atoms with Crippen LogP contribution in [-0.4, -0.2) is 37.0 Å². The summed E-state index contributed by atoms with van der Waals surface area (Å²) in [4.78, 5) is 26.7. The first-order valence-electron chi connectivity index (χ1n) is 12.1. The summed E-state index contributed by atoms with van der Waals surface area (Å²) in [6.07, 6.45) is 3.45. The Bertz CT molecular complexity index is 1060. The van der Waals surface area contributed by atoms with E-state index in [9.17, 15) is 23.1 Å². The zero-order valence-electron chi connectivity index (χ0n) is 21.0. The number of para-hydroxylation sites is 1. The van der Waals surface area contributed by atoms with Crippen molar-refractivity contribution in [1.29, 1.82) is 0 Å². The summed E-state index contributed by atoms with van der Waals surface area (Å²) < 4.78 is 28.0. The van der Waals surface area contributed by atoms with Gasteiger partial charge in [-0.1, -0.05) is 75.4 Å². The number of hydrazine groups is 1. The Hall–Kier alpha value is -2.75. The molecule has 0 aliphatic rings. The lowest BCUT2D eigenvalue weighted by Crippen LogP contribution is -2.59. The number of benzene rings is 2. The Balaban J connectivity index is 2.30. The molecule has 0 aliphatic carbocycles. The molecule has 0 saturated heterocycles. The van der Waals surface area contributed by atoms with E-state index in [1.54, 1.807) is 42.5 Å². The van der Waals surface area contributed by atoms with Gasteiger partial charge in [-0.15, -0.1) is 0 Å². The number of hydrogen-bond donors (Lipinski definition) is 3. The average molecular weight is 504 g/mol. The maximum atomic E-state index is 13.4. The predicted octanol–water partition coefficient (Wildman–Crippen LogP) is 3.84. The highest BCUT2D eigenvalue weighted by Gasteiger charge is 2.37. The normalized spacial score (nSPS) is 12.7. The molecule has 9 heteroatoms. The third-order valence-electron chi connectivity index (χ3n) is 5.79. The van der Waals surface area contributed by atoms with E-state index in [0.717, 1.165) is 23.4 Å². The summed E-state index contributed by atoms with van der Waals surface area (Å²) in [6.45, 7) is 7.20. The highest BCUT2D eigenvalue weighted by atomic mass is 32.2. The quantitative estimate of drug-likeness (QED) is 0.381. The molecule has 2 rings (SSSR count). The van der Waals surface area contributed by atoms with Gasteiger partial charge in [0.2, 0.25) is 10.0 Å². The van der Waals surface area contributed by atoms with Crippen LogP contribution in [0, 0.1) is 6.92 Å². The summed E-state index contributed by atoms with van der Waals surface area (Å²) in [5.41, 5.74) is 2.19. The van der Waals surface area contributed by atoms with Gasteiger partial charge in [-0.3, -0.25) is 15.0 Å². The van der Waals surface area contributed by atoms with E-state index >= 15 is 0 Å². The fraction of sp³-hybridized carbons (Fsp3) is 0.462. The minimum absolute atomic E-state index is 0.0338. The van der Waals surface area contributed by atoms with E-state index in [4.69, 9.17) is 0 Å². The van der Waals surface area contributed by atoms with Crippen molar-refractivity contribution in [3.8, 4) is 0 Å². The number of anilines is 1. The number of nitrogens with zero attached hydrogens (tertiary/aromatic N) is 1. The van der Waals surface area contributed by atoms with Crippen LogP contribution in [-0.2, 0) is 19.6 Å². The summed E-state index contributed by atoms with van der Waals surface area (Å²) in [5.74, 6) is -1.38. The number of rotatable bonds is 12. The number of carbonyl (C=O) groups excluding carboxylic acids is 2. The second-order valence-corrected chi connectivity index (χ2v) is 10.6. The molecule has 0 aromatic heterocycles. The smallest absolute Gasteiger partial charge is 0.270 e. The number of aryl methyl sites for hydroxylation is 1. The van der Waals surface area contributed by atoms with Crippen LogP contribution in [0.2, 0.25) is 0 Å². The molecule has 2 amide bonds. The zero-order valence-corrected chi connectivity index (χ0v) is 21.8. The number of carbonyl (C=O) groups is 2. The fourth-order valence-electron chi connectivity index (χ4n) is 3.58. The predicted molar refractivity (Wildman–Crippen MR) is 137 cm³/mol. The molecular weight excluding hydrogens is 466 g/mol. The number of nitrogens with one attached hydrogen (secondary N) is 2. The van der Waals surface area contributed by atoms with Gasteiger partial charge < -0.3 is 5.11 Å². The van der Waals surface area contributed by atoms with Gasteiger partial charge in [0.15, 0.2) is 0 Å².